The van der Waals surface area contributed by atoms with Gasteiger partial charge >= 0.3 is 0 Å². The van der Waals surface area contributed by atoms with E-state index in [-0.39, 0.29) is 0 Å². The molecule has 106 valence electrons. The van der Waals surface area contributed by atoms with E-state index in [0.717, 1.165) is 49.1 Å². The molecule has 0 amide bonds. The molecule has 2 saturated carbocycles. The van der Waals surface area contributed by atoms with Crippen molar-refractivity contribution >= 4 is 6.01 Å². The number of aromatic nitrogens is 1. The van der Waals surface area contributed by atoms with E-state index >= 15 is 0 Å². The Morgan fingerprint density at radius 3 is 3.00 bits per heavy atom. The Hall–Kier alpha value is -1.03. The van der Waals surface area contributed by atoms with Gasteiger partial charge in [0.05, 0.1) is 5.69 Å². The highest BCUT2D eigenvalue weighted by molar-refractivity contribution is 5.25. The minimum atomic E-state index is 0.774. The number of nitrogens with zero attached hydrogens (tertiary/aromatic N) is 2. The maximum Gasteiger partial charge on any atom is 0.297 e. The van der Waals surface area contributed by atoms with Crippen LogP contribution in [0.15, 0.2) is 10.7 Å². The van der Waals surface area contributed by atoms with Crippen LogP contribution >= 0.6 is 0 Å². The average Bonchev–Trinajstić information content (AvgIpc) is 3.12. The van der Waals surface area contributed by atoms with E-state index in [2.05, 4.69) is 29.2 Å². The molecule has 0 saturated heterocycles. The maximum atomic E-state index is 5.59. The van der Waals surface area contributed by atoms with E-state index < -0.39 is 0 Å². The van der Waals surface area contributed by atoms with Crippen molar-refractivity contribution in [3.63, 3.8) is 0 Å². The van der Waals surface area contributed by atoms with Crippen LogP contribution in [0.25, 0.3) is 0 Å². The van der Waals surface area contributed by atoms with Gasteiger partial charge in [-0.05, 0) is 43.6 Å². The van der Waals surface area contributed by atoms with Gasteiger partial charge in [-0.3, -0.25) is 0 Å². The van der Waals surface area contributed by atoms with Crippen LogP contribution in [-0.2, 0) is 6.54 Å². The summed E-state index contributed by atoms with van der Waals surface area (Å²) in [5.41, 5.74) is 0.997. The number of nitrogens with one attached hydrogen (secondary N) is 1. The quantitative estimate of drug-likeness (QED) is 0.856. The van der Waals surface area contributed by atoms with E-state index in [9.17, 15) is 0 Å². The number of oxazole rings is 1. The highest BCUT2D eigenvalue weighted by Gasteiger charge is 2.39. The van der Waals surface area contributed by atoms with Gasteiger partial charge in [-0.15, -0.1) is 0 Å². The van der Waals surface area contributed by atoms with Crippen LogP contribution in [0, 0.1) is 17.8 Å². The molecule has 0 aromatic carbocycles. The van der Waals surface area contributed by atoms with Crippen LogP contribution in [-0.4, -0.2) is 25.1 Å². The molecule has 2 fully saturated rings. The van der Waals surface area contributed by atoms with Gasteiger partial charge in [-0.1, -0.05) is 13.3 Å². The fourth-order valence-corrected chi connectivity index (χ4v) is 3.84. The summed E-state index contributed by atoms with van der Waals surface area (Å²) >= 11 is 0. The topological polar surface area (TPSA) is 41.3 Å². The Bertz CT molecular complexity index is 417. The lowest BCUT2D eigenvalue weighted by Gasteiger charge is -2.26. The molecule has 2 aliphatic carbocycles. The summed E-state index contributed by atoms with van der Waals surface area (Å²) < 4.78 is 5.59. The lowest BCUT2D eigenvalue weighted by atomic mass is 9.88. The second-order valence-corrected chi connectivity index (χ2v) is 6.22. The van der Waals surface area contributed by atoms with E-state index in [4.69, 9.17) is 4.42 Å². The average molecular weight is 263 g/mol. The Morgan fingerprint density at radius 2 is 2.32 bits per heavy atom. The molecule has 0 radical (unpaired) electrons. The Labute approximate surface area is 115 Å². The SMILES string of the molecule is CCNCc1coc(N(C)CC2CC3CCC2C3)n1. The van der Waals surface area contributed by atoms with Crippen LogP contribution in [0.4, 0.5) is 6.01 Å². The molecule has 19 heavy (non-hydrogen) atoms. The number of hydrogen-bond donors (Lipinski definition) is 1. The third kappa shape index (κ3) is 2.78. The monoisotopic (exact) mass is 263 g/mol. The summed E-state index contributed by atoms with van der Waals surface area (Å²) in [6.07, 6.45) is 7.57. The molecule has 1 heterocycles. The molecule has 1 N–H and O–H groups in total. The van der Waals surface area contributed by atoms with E-state index in [0.29, 0.717) is 0 Å². The largest absolute Gasteiger partial charge is 0.432 e. The summed E-state index contributed by atoms with van der Waals surface area (Å²) in [5, 5.41) is 3.27. The van der Waals surface area contributed by atoms with Gasteiger partial charge in [-0.2, -0.15) is 4.98 Å². The van der Waals surface area contributed by atoms with Crippen molar-refractivity contribution in [2.45, 2.75) is 39.2 Å². The number of hydrogen-bond acceptors (Lipinski definition) is 4. The standard InChI is InChI=1S/C15H25N3O/c1-3-16-8-14-10-19-15(17-14)18(2)9-13-7-11-4-5-12(13)6-11/h10-13,16H,3-9H2,1-2H3. The van der Waals surface area contributed by atoms with Gasteiger partial charge in [0.1, 0.15) is 6.26 Å². The van der Waals surface area contributed by atoms with Gasteiger partial charge in [0, 0.05) is 20.1 Å². The molecule has 0 spiro atoms. The number of anilines is 1. The highest BCUT2D eigenvalue weighted by Crippen LogP contribution is 2.48. The first-order chi connectivity index (χ1) is 9.26. The molecule has 1 aromatic heterocycles. The molecule has 1 aromatic rings. The fraction of sp³-hybridized carbons (Fsp3) is 0.800. The molecule has 3 atom stereocenters. The maximum absolute atomic E-state index is 5.59. The van der Waals surface area contributed by atoms with Crippen molar-refractivity contribution in [1.82, 2.24) is 10.3 Å². The fourth-order valence-electron chi connectivity index (χ4n) is 3.84. The minimum absolute atomic E-state index is 0.774. The molecule has 0 aliphatic heterocycles. The molecule has 2 aliphatic rings. The van der Waals surface area contributed by atoms with E-state index in [1.54, 1.807) is 6.26 Å². The number of fused-ring (bicyclic) bond motifs is 2. The first-order valence-electron chi connectivity index (χ1n) is 7.62. The van der Waals surface area contributed by atoms with Crippen molar-refractivity contribution in [3.8, 4) is 0 Å². The molecule has 2 bridgehead atoms. The van der Waals surface area contributed by atoms with Gasteiger partial charge in [0.25, 0.3) is 6.01 Å². The molecule has 4 nitrogen and oxygen atoms in total. The summed E-state index contributed by atoms with van der Waals surface area (Å²) in [6.45, 7) is 4.95. The predicted molar refractivity (Wildman–Crippen MR) is 76.1 cm³/mol. The van der Waals surface area contributed by atoms with Crippen molar-refractivity contribution < 1.29 is 4.42 Å². The molecule has 3 unspecified atom stereocenters. The van der Waals surface area contributed by atoms with Crippen molar-refractivity contribution in [2.24, 2.45) is 17.8 Å². The van der Waals surface area contributed by atoms with Gasteiger partial charge in [0.2, 0.25) is 0 Å². The van der Waals surface area contributed by atoms with Crippen molar-refractivity contribution in [3.05, 3.63) is 12.0 Å². The van der Waals surface area contributed by atoms with Gasteiger partial charge < -0.3 is 14.6 Å². The van der Waals surface area contributed by atoms with Crippen LogP contribution in [0.5, 0.6) is 0 Å². The van der Waals surface area contributed by atoms with Crippen molar-refractivity contribution in [2.75, 3.05) is 25.0 Å². The molecule has 4 heteroatoms. The van der Waals surface area contributed by atoms with Crippen molar-refractivity contribution in [1.29, 1.82) is 0 Å². The summed E-state index contributed by atoms with van der Waals surface area (Å²) in [5.74, 6) is 2.83. The smallest absolute Gasteiger partial charge is 0.297 e. The lowest BCUT2D eigenvalue weighted by molar-refractivity contribution is 0.332. The zero-order valence-corrected chi connectivity index (χ0v) is 12.1. The Balaban J connectivity index is 1.55. The lowest BCUT2D eigenvalue weighted by Crippen LogP contribution is -2.28. The molecule has 3 rings (SSSR count). The third-order valence-corrected chi connectivity index (χ3v) is 4.82. The van der Waals surface area contributed by atoms with Crippen LogP contribution < -0.4 is 10.2 Å². The minimum Gasteiger partial charge on any atom is -0.432 e. The zero-order chi connectivity index (χ0) is 13.2. The number of rotatable bonds is 6. The van der Waals surface area contributed by atoms with E-state index in [1.165, 1.54) is 25.7 Å². The van der Waals surface area contributed by atoms with Crippen LogP contribution in [0.3, 0.4) is 0 Å². The first-order valence-corrected chi connectivity index (χ1v) is 7.62. The predicted octanol–water partition coefficient (Wildman–Crippen LogP) is 2.66. The molecular weight excluding hydrogens is 238 g/mol. The second kappa shape index (κ2) is 5.53. The summed E-state index contributed by atoms with van der Waals surface area (Å²) in [7, 11) is 2.11. The summed E-state index contributed by atoms with van der Waals surface area (Å²) in [6, 6.07) is 0.774. The normalized spacial score (nSPS) is 29.1. The highest BCUT2D eigenvalue weighted by atomic mass is 16.4. The van der Waals surface area contributed by atoms with Gasteiger partial charge in [0.15, 0.2) is 0 Å². The summed E-state index contributed by atoms with van der Waals surface area (Å²) in [4.78, 5) is 6.74. The zero-order valence-electron chi connectivity index (χ0n) is 12.1. The van der Waals surface area contributed by atoms with Crippen LogP contribution in [0.1, 0.15) is 38.3 Å². The third-order valence-electron chi connectivity index (χ3n) is 4.82. The first kappa shape index (κ1) is 13.0. The van der Waals surface area contributed by atoms with Gasteiger partial charge in [-0.25, -0.2) is 0 Å². The molecular formula is C15H25N3O. The second-order valence-electron chi connectivity index (χ2n) is 6.22. The van der Waals surface area contributed by atoms with E-state index in [1.807, 2.05) is 0 Å². The Kier molecular flexibility index (Phi) is 3.78. The Morgan fingerprint density at radius 1 is 1.42 bits per heavy atom. The van der Waals surface area contributed by atoms with Crippen LogP contribution in [0.2, 0.25) is 0 Å².